The molecule has 1 fully saturated rings. The maximum Gasteiger partial charge on any atom is 0.231 e. The van der Waals surface area contributed by atoms with E-state index in [1.54, 1.807) is 0 Å². The van der Waals surface area contributed by atoms with Gasteiger partial charge in [-0.3, -0.25) is 9.69 Å². The smallest absolute Gasteiger partial charge is 0.231 e. The number of nitrogens with two attached hydrogens (primary N) is 1. The second-order valence-electron chi connectivity index (χ2n) is 5.01. The quantitative estimate of drug-likeness (QED) is 0.856. The summed E-state index contributed by atoms with van der Waals surface area (Å²) in [6, 6.07) is 2.74. The van der Waals surface area contributed by atoms with Crippen LogP contribution in [0.15, 0.2) is 10.5 Å². The number of hydrogen-bond donors (Lipinski definition) is 2. The number of nitrogens with zero attached hydrogens (tertiary/aromatic N) is 1. The van der Waals surface area contributed by atoms with Crippen LogP contribution in [-0.2, 0) is 11.3 Å². The molecule has 19 heavy (non-hydrogen) atoms. The Morgan fingerprint density at radius 3 is 2.79 bits per heavy atom. The number of primary amides is 1. The van der Waals surface area contributed by atoms with Crippen LogP contribution in [-0.4, -0.2) is 36.5 Å². The monoisotopic (exact) mass is 345 g/mol. The summed E-state index contributed by atoms with van der Waals surface area (Å²) in [5, 5.41) is 3.60. The van der Waals surface area contributed by atoms with Crippen molar-refractivity contribution in [1.29, 1.82) is 0 Å². The molecule has 2 rings (SSSR count). The highest BCUT2D eigenvalue weighted by Crippen LogP contribution is 2.26. The Kier molecular flexibility index (Phi) is 5.38. The first-order valence-corrected chi connectivity index (χ1v) is 8.14. The van der Waals surface area contributed by atoms with Crippen LogP contribution >= 0.6 is 27.3 Å². The summed E-state index contributed by atoms with van der Waals surface area (Å²) in [5.41, 5.74) is 5.21. The van der Waals surface area contributed by atoms with Gasteiger partial charge in [-0.05, 0) is 41.8 Å². The maximum atomic E-state index is 10.9. The van der Waals surface area contributed by atoms with Gasteiger partial charge in [-0.2, -0.15) is 0 Å². The first-order valence-electron chi connectivity index (χ1n) is 6.53. The van der Waals surface area contributed by atoms with Crippen molar-refractivity contribution in [3.05, 3.63) is 20.3 Å². The normalized spacial score (nSPS) is 17.8. The molecule has 0 aromatic carbocycles. The van der Waals surface area contributed by atoms with Gasteiger partial charge in [-0.15, -0.1) is 11.3 Å². The molecule has 0 saturated carbocycles. The first-order chi connectivity index (χ1) is 9.04. The van der Waals surface area contributed by atoms with Gasteiger partial charge in [0.1, 0.15) is 0 Å². The van der Waals surface area contributed by atoms with Crippen molar-refractivity contribution in [3.63, 3.8) is 0 Å². The lowest BCUT2D eigenvalue weighted by Crippen LogP contribution is -2.44. The van der Waals surface area contributed by atoms with E-state index in [1.165, 1.54) is 14.2 Å². The number of halogens is 1. The number of carbonyl (C=O) groups excluding carboxylic acids is 1. The summed E-state index contributed by atoms with van der Waals surface area (Å²) >= 11 is 5.38. The number of likely N-dealkylation sites (tertiary alicyclic amines) is 1. The Labute approximate surface area is 126 Å². The molecule has 6 heteroatoms. The van der Waals surface area contributed by atoms with E-state index in [2.05, 4.69) is 39.1 Å². The Bertz CT molecular complexity index is 422. The van der Waals surface area contributed by atoms with E-state index in [0.717, 1.165) is 32.5 Å². The van der Waals surface area contributed by atoms with E-state index in [-0.39, 0.29) is 5.91 Å². The molecule has 3 N–H and O–H groups in total. The van der Waals surface area contributed by atoms with E-state index in [4.69, 9.17) is 5.73 Å². The minimum atomic E-state index is -0.231. The maximum absolute atomic E-state index is 10.9. The van der Waals surface area contributed by atoms with Crippen molar-refractivity contribution >= 4 is 33.2 Å². The third kappa shape index (κ3) is 4.56. The number of rotatable bonds is 5. The van der Waals surface area contributed by atoms with Gasteiger partial charge in [0.2, 0.25) is 5.91 Å². The highest BCUT2D eigenvalue weighted by Gasteiger charge is 2.19. The first kappa shape index (κ1) is 15.0. The summed E-state index contributed by atoms with van der Waals surface area (Å²) in [5.74, 6) is -0.231. The van der Waals surface area contributed by atoms with Crippen molar-refractivity contribution in [2.75, 3.05) is 19.6 Å². The Morgan fingerprint density at radius 2 is 2.26 bits per heavy atom. The molecule has 4 nitrogen and oxygen atoms in total. The van der Waals surface area contributed by atoms with Crippen LogP contribution in [0, 0.1) is 6.92 Å². The van der Waals surface area contributed by atoms with Crippen molar-refractivity contribution in [1.82, 2.24) is 10.2 Å². The third-order valence-electron chi connectivity index (χ3n) is 3.44. The standard InChI is InChI=1S/C13H20BrN3OS/c1-9-12(14)6-11(19-9)7-16-10-2-4-17(5-3-10)8-13(15)18/h6,10,16H,2-5,7-8H2,1H3,(H2,15,18). The largest absolute Gasteiger partial charge is 0.369 e. The fraction of sp³-hybridized carbons (Fsp3) is 0.615. The zero-order valence-electron chi connectivity index (χ0n) is 11.1. The lowest BCUT2D eigenvalue weighted by atomic mass is 10.1. The molecule has 106 valence electrons. The fourth-order valence-electron chi connectivity index (χ4n) is 2.37. The van der Waals surface area contributed by atoms with Crippen molar-refractivity contribution in [3.8, 4) is 0 Å². The average molecular weight is 346 g/mol. The summed E-state index contributed by atoms with van der Waals surface area (Å²) in [7, 11) is 0. The molecular formula is C13H20BrN3OS. The molecule has 1 aromatic heterocycles. The Hall–Kier alpha value is -0.430. The molecule has 1 aliphatic rings. The molecule has 1 aromatic rings. The van der Waals surface area contributed by atoms with Gasteiger partial charge >= 0.3 is 0 Å². The molecule has 2 heterocycles. The number of hydrogen-bond acceptors (Lipinski definition) is 4. The van der Waals surface area contributed by atoms with Crippen LogP contribution in [0.4, 0.5) is 0 Å². The van der Waals surface area contributed by atoms with Gasteiger partial charge in [0.05, 0.1) is 6.54 Å². The molecule has 1 amide bonds. The van der Waals surface area contributed by atoms with E-state index < -0.39 is 0 Å². The number of piperidine rings is 1. The summed E-state index contributed by atoms with van der Waals surface area (Å²) in [6.07, 6.45) is 2.16. The van der Waals surface area contributed by atoms with E-state index in [1.807, 2.05) is 11.3 Å². The highest BCUT2D eigenvalue weighted by molar-refractivity contribution is 9.10. The molecule has 0 radical (unpaired) electrons. The summed E-state index contributed by atoms with van der Waals surface area (Å²) < 4.78 is 1.20. The molecule has 0 unspecified atom stereocenters. The molecule has 0 spiro atoms. The van der Waals surface area contributed by atoms with Crippen LogP contribution < -0.4 is 11.1 Å². The lowest BCUT2D eigenvalue weighted by Gasteiger charge is -2.31. The predicted molar refractivity (Wildman–Crippen MR) is 82.3 cm³/mol. The minimum Gasteiger partial charge on any atom is -0.369 e. The SMILES string of the molecule is Cc1sc(CNC2CCN(CC(N)=O)CC2)cc1Br. The molecule has 0 atom stereocenters. The Balaban J connectivity index is 1.72. The second-order valence-corrected chi connectivity index (χ2v) is 7.21. The van der Waals surface area contributed by atoms with Crippen LogP contribution in [0.2, 0.25) is 0 Å². The Morgan fingerprint density at radius 1 is 1.58 bits per heavy atom. The van der Waals surface area contributed by atoms with Gasteiger partial charge in [0.25, 0.3) is 0 Å². The predicted octanol–water partition coefficient (Wildman–Crippen LogP) is 1.86. The van der Waals surface area contributed by atoms with Crippen molar-refractivity contribution in [2.24, 2.45) is 5.73 Å². The number of nitrogens with one attached hydrogen (secondary N) is 1. The summed E-state index contributed by atoms with van der Waals surface area (Å²) in [4.78, 5) is 15.7. The number of thiophene rings is 1. The fourth-order valence-corrected chi connectivity index (χ4v) is 3.92. The molecule has 0 aliphatic carbocycles. The van der Waals surface area contributed by atoms with E-state index >= 15 is 0 Å². The van der Waals surface area contributed by atoms with Crippen LogP contribution in [0.25, 0.3) is 0 Å². The number of carbonyl (C=O) groups is 1. The van der Waals surface area contributed by atoms with Gasteiger partial charge in [-0.25, -0.2) is 0 Å². The lowest BCUT2D eigenvalue weighted by molar-refractivity contribution is -0.119. The van der Waals surface area contributed by atoms with Crippen molar-refractivity contribution in [2.45, 2.75) is 32.4 Å². The van der Waals surface area contributed by atoms with Gasteiger partial charge in [-0.1, -0.05) is 0 Å². The topological polar surface area (TPSA) is 58.4 Å². The number of amides is 1. The van der Waals surface area contributed by atoms with E-state index in [0.29, 0.717) is 12.6 Å². The zero-order valence-corrected chi connectivity index (χ0v) is 13.5. The molecule has 1 aliphatic heterocycles. The zero-order chi connectivity index (χ0) is 13.8. The molecular weight excluding hydrogens is 326 g/mol. The van der Waals surface area contributed by atoms with Gasteiger partial charge < -0.3 is 11.1 Å². The third-order valence-corrected chi connectivity index (χ3v) is 5.58. The average Bonchev–Trinajstić information content (AvgIpc) is 2.67. The summed E-state index contributed by atoms with van der Waals surface area (Å²) in [6.45, 7) is 5.35. The van der Waals surface area contributed by atoms with Crippen LogP contribution in [0.3, 0.4) is 0 Å². The molecule has 1 saturated heterocycles. The number of aryl methyl sites for hydroxylation is 1. The van der Waals surface area contributed by atoms with Gasteiger partial charge in [0.15, 0.2) is 0 Å². The van der Waals surface area contributed by atoms with Crippen LogP contribution in [0.1, 0.15) is 22.6 Å². The minimum absolute atomic E-state index is 0.231. The van der Waals surface area contributed by atoms with E-state index in [9.17, 15) is 4.79 Å². The molecule has 0 bridgehead atoms. The van der Waals surface area contributed by atoms with Crippen molar-refractivity contribution < 1.29 is 4.79 Å². The van der Waals surface area contributed by atoms with Crippen LogP contribution in [0.5, 0.6) is 0 Å². The second kappa shape index (κ2) is 6.83. The highest BCUT2D eigenvalue weighted by atomic mass is 79.9. The van der Waals surface area contributed by atoms with Gasteiger partial charge in [0, 0.05) is 39.9 Å².